The summed E-state index contributed by atoms with van der Waals surface area (Å²) >= 11 is 0. The first kappa shape index (κ1) is 20.3. The average molecular weight is 421 g/mol. The van der Waals surface area contributed by atoms with Crippen molar-refractivity contribution in [3.63, 3.8) is 0 Å². The van der Waals surface area contributed by atoms with Crippen LogP contribution in [0.5, 0.6) is 5.75 Å². The second-order valence-corrected chi connectivity index (χ2v) is 6.85. The van der Waals surface area contributed by atoms with E-state index in [4.69, 9.17) is 14.9 Å². The van der Waals surface area contributed by atoms with E-state index in [9.17, 15) is 9.18 Å². The lowest BCUT2D eigenvalue weighted by atomic mass is 10.1. The summed E-state index contributed by atoms with van der Waals surface area (Å²) in [6, 6.07) is 12.6. The van der Waals surface area contributed by atoms with Gasteiger partial charge >= 0.3 is 5.63 Å². The molecule has 3 N–H and O–H groups in total. The Balaban J connectivity index is 1.52. The van der Waals surface area contributed by atoms with Gasteiger partial charge in [0, 0.05) is 23.2 Å². The molecular weight excluding hydrogens is 401 g/mol. The highest BCUT2D eigenvalue weighted by atomic mass is 19.1. The van der Waals surface area contributed by atoms with Gasteiger partial charge in [-0.25, -0.2) is 9.18 Å². The van der Waals surface area contributed by atoms with Crippen molar-refractivity contribution in [1.82, 2.24) is 15.0 Å². The topological polar surface area (TPSA) is 116 Å². The Morgan fingerprint density at radius 2 is 1.90 bits per heavy atom. The molecule has 0 bridgehead atoms. The van der Waals surface area contributed by atoms with Crippen molar-refractivity contribution >= 4 is 28.6 Å². The molecule has 4 rings (SSSR count). The second kappa shape index (κ2) is 8.78. The van der Waals surface area contributed by atoms with Crippen LogP contribution >= 0.6 is 0 Å². The quantitative estimate of drug-likeness (QED) is 0.431. The molecule has 0 spiro atoms. The molecule has 158 valence electrons. The van der Waals surface area contributed by atoms with Crippen molar-refractivity contribution in [2.24, 2.45) is 0 Å². The first-order chi connectivity index (χ1) is 15.0. The minimum Gasteiger partial charge on any atom is -0.485 e. The predicted octanol–water partition coefficient (Wildman–Crippen LogP) is 3.97. The normalized spacial score (nSPS) is 10.9. The van der Waals surface area contributed by atoms with Crippen LogP contribution in [0.25, 0.3) is 11.0 Å². The molecule has 2 heterocycles. The minimum atomic E-state index is -0.394. The van der Waals surface area contributed by atoms with Crippen molar-refractivity contribution in [3.8, 4) is 5.75 Å². The Morgan fingerprint density at radius 1 is 1.10 bits per heavy atom. The fraction of sp³-hybridized carbons (Fsp3) is 0.182. The van der Waals surface area contributed by atoms with E-state index in [2.05, 4.69) is 27.2 Å². The van der Waals surface area contributed by atoms with Crippen LogP contribution in [0.1, 0.15) is 24.7 Å². The van der Waals surface area contributed by atoms with E-state index >= 15 is 0 Å². The first-order valence-electron chi connectivity index (χ1n) is 9.73. The Bertz CT molecular complexity index is 1270. The van der Waals surface area contributed by atoms with Gasteiger partial charge in [-0.15, -0.1) is 0 Å². The number of nitrogens with two attached hydrogens (primary N) is 1. The van der Waals surface area contributed by atoms with Gasteiger partial charge < -0.3 is 20.2 Å². The van der Waals surface area contributed by atoms with E-state index in [0.717, 1.165) is 23.8 Å². The second-order valence-electron chi connectivity index (χ2n) is 6.85. The molecule has 0 aliphatic rings. The highest BCUT2D eigenvalue weighted by Gasteiger charge is 2.09. The molecule has 0 atom stereocenters. The maximum absolute atomic E-state index is 13.1. The molecule has 0 saturated heterocycles. The Labute approximate surface area is 176 Å². The van der Waals surface area contributed by atoms with Gasteiger partial charge in [0.15, 0.2) is 5.82 Å². The number of benzene rings is 2. The van der Waals surface area contributed by atoms with E-state index in [1.165, 1.54) is 18.2 Å². The molecule has 0 aliphatic heterocycles. The Hall–Kier alpha value is -4.01. The molecule has 8 nitrogen and oxygen atoms in total. The molecule has 0 saturated carbocycles. The lowest BCUT2D eigenvalue weighted by Gasteiger charge is -2.10. The third-order valence-corrected chi connectivity index (χ3v) is 4.49. The van der Waals surface area contributed by atoms with E-state index in [1.807, 2.05) is 6.07 Å². The zero-order chi connectivity index (χ0) is 21.8. The van der Waals surface area contributed by atoms with E-state index in [0.29, 0.717) is 22.8 Å². The maximum atomic E-state index is 13.1. The first-order valence-corrected chi connectivity index (χ1v) is 9.73. The number of hydrogen-bond acceptors (Lipinski definition) is 8. The third-order valence-electron chi connectivity index (χ3n) is 4.49. The van der Waals surface area contributed by atoms with Crippen molar-refractivity contribution < 1.29 is 13.5 Å². The lowest BCUT2D eigenvalue weighted by Crippen LogP contribution is -2.09. The molecule has 0 amide bonds. The molecule has 4 aromatic rings. The van der Waals surface area contributed by atoms with Crippen molar-refractivity contribution in [2.45, 2.75) is 26.4 Å². The number of nitrogens with zero attached hydrogens (tertiary/aromatic N) is 3. The standard InChI is InChI=1S/C22H20FN5O3/c1-2-3-13-10-20(29)31-18-11-16(8-9-17(13)18)30-12-19-26-21(24)28-22(27-19)25-15-6-4-14(23)5-7-15/h4-11H,2-3,12H2,1H3,(H3,24,25,26,27,28). The highest BCUT2D eigenvalue weighted by molar-refractivity contribution is 5.81. The van der Waals surface area contributed by atoms with Gasteiger partial charge in [-0.2, -0.15) is 15.0 Å². The van der Waals surface area contributed by atoms with Crippen molar-refractivity contribution in [2.75, 3.05) is 11.1 Å². The molecule has 2 aromatic heterocycles. The summed E-state index contributed by atoms with van der Waals surface area (Å²) in [4.78, 5) is 24.2. The number of ether oxygens (including phenoxy) is 1. The molecular formula is C22H20FN5O3. The summed E-state index contributed by atoms with van der Waals surface area (Å²) in [5.41, 5.74) is 7.39. The van der Waals surface area contributed by atoms with Crippen LogP contribution < -0.4 is 21.4 Å². The molecule has 0 fully saturated rings. The van der Waals surface area contributed by atoms with Gasteiger partial charge in [0.1, 0.15) is 23.8 Å². The van der Waals surface area contributed by atoms with Gasteiger partial charge in [0.05, 0.1) is 0 Å². The molecule has 9 heteroatoms. The van der Waals surface area contributed by atoms with Crippen LogP contribution in [0.2, 0.25) is 0 Å². The summed E-state index contributed by atoms with van der Waals surface area (Å²) in [7, 11) is 0. The summed E-state index contributed by atoms with van der Waals surface area (Å²) in [5.74, 6) is 0.691. The number of anilines is 3. The minimum absolute atomic E-state index is 0.0203. The number of hydrogen-bond donors (Lipinski definition) is 2. The lowest BCUT2D eigenvalue weighted by molar-refractivity contribution is 0.296. The van der Waals surface area contributed by atoms with Crippen molar-refractivity contribution in [1.29, 1.82) is 0 Å². The average Bonchev–Trinajstić information content (AvgIpc) is 2.73. The number of fused-ring (bicyclic) bond motifs is 1. The number of aryl methyl sites for hydroxylation is 1. The zero-order valence-electron chi connectivity index (χ0n) is 16.8. The number of halogens is 1. The van der Waals surface area contributed by atoms with Crippen LogP contribution in [0.4, 0.5) is 22.0 Å². The zero-order valence-corrected chi connectivity index (χ0v) is 16.8. The number of nitrogens with one attached hydrogen (secondary N) is 1. The van der Waals surface area contributed by atoms with Gasteiger partial charge in [-0.1, -0.05) is 13.3 Å². The molecule has 0 unspecified atom stereocenters. The summed E-state index contributed by atoms with van der Waals surface area (Å²) in [5, 5.41) is 3.82. The van der Waals surface area contributed by atoms with Crippen LogP contribution in [0, 0.1) is 5.82 Å². The highest BCUT2D eigenvalue weighted by Crippen LogP contribution is 2.24. The monoisotopic (exact) mass is 421 g/mol. The molecule has 0 aliphatic carbocycles. The smallest absolute Gasteiger partial charge is 0.336 e. The molecule has 31 heavy (non-hydrogen) atoms. The Morgan fingerprint density at radius 3 is 2.68 bits per heavy atom. The van der Waals surface area contributed by atoms with Gasteiger partial charge in [0.2, 0.25) is 11.9 Å². The Kier molecular flexibility index (Phi) is 5.74. The van der Waals surface area contributed by atoms with Crippen LogP contribution in [0.3, 0.4) is 0 Å². The number of rotatable bonds is 7. The van der Waals surface area contributed by atoms with Crippen LogP contribution in [0.15, 0.2) is 57.7 Å². The maximum Gasteiger partial charge on any atom is 0.336 e. The number of nitrogen functional groups attached to an aromatic ring is 1. The van der Waals surface area contributed by atoms with E-state index < -0.39 is 5.63 Å². The summed E-state index contributed by atoms with van der Waals surface area (Å²) < 4.78 is 24.2. The van der Waals surface area contributed by atoms with Gasteiger partial charge in [-0.05, 0) is 48.4 Å². The largest absolute Gasteiger partial charge is 0.485 e. The van der Waals surface area contributed by atoms with Crippen LogP contribution in [-0.4, -0.2) is 15.0 Å². The summed E-state index contributed by atoms with van der Waals surface area (Å²) in [6.07, 6.45) is 1.71. The predicted molar refractivity (Wildman–Crippen MR) is 115 cm³/mol. The molecule has 0 radical (unpaired) electrons. The molecule has 2 aromatic carbocycles. The SMILES string of the molecule is CCCc1cc(=O)oc2cc(OCc3nc(N)nc(Nc4ccc(F)cc4)n3)ccc12. The van der Waals surface area contributed by atoms with E-state index in [-0.39, 0.29) is 24.3 Å². The fourth-order valence-electron chi connectivity index (χ4n) is 3.14. The third kappa shape index (κ3) is 4.95. The van der Waals surface area contributed by atoms with Crippen LogP contribution in [-0.2, 0) is 13.0 Å². The van der Waals surface area contributed by atoms with E-state index in [1.54, 1.807) is 24.3 Å². The van der Waals surface area contributed by atoms with Crippen molar-refractivity contribution in [3.05, 3.63) is 76.2 Å². The van der Waals surface area contributed by atoms with Gasteiger partial charge in [-0.3, -0.25) is 0 Å². The fourth-order valence-corrected chi connectivity index (χ4v) is 3.14. The number of aromatic nitrogens is 3. The summed E-state index contributed by atoms with van der Waals surface area (Å²) in [6.45, 7) is 2.08. The van der Waals surface area contributed by atoms with Gasteiger partial charge in [0.25, 0.3) is 0 Å².